The lowest BCUT2D eigenvalue weighted by molar-refractivity contribution is 0.403. The number of ether oxygens (including phenoxy) is 1. The fourth-order valence-electron chi connectivity index (χ4n) is 1.69. The lowest BCUT2D eigenvalue weighted by atomic mass is 9.98. The third kappa shape index (κ3) is 1.86. The van der Waals surface area contributed by atoms with E-state index in [1.54, 1.807) is 7.11 Å². The van der Waals surface area contributed by atoms with Gasteiger partial charge in [-0.25, -0.2) is 0 Å². The van der Waals surface area contributed by atoms with E-state index in [2.05, 4.69) is 0 Å². The summed E-state index contributed by atoms with van der Waals surface area (Å²) in [7, 11) is 1.65. The highest BCUT2D eigenvalue weighted by Crippen LogP contribution is 2.34. The maximum atomic E-state index is 6.08. The standard InChI is InChI=1S/C11H16ClNO/c1-6-5-9(12)7(2)10(8(3)13)11(6)14-4/h5,8H,13H2,1-4H3. The Morgan fingerprint density at radius 1 is 1.43 bits per heavy atom. The van der Waals surface area contributed by atoms with Crippen LogP contribution in [0, 0.1) is 13.8 Å². The molecule has 0 saturated heterocycles. The van der Waals surface area contributed by atoms with Crippen molar-refractivity contribution in [2.75, 3.05) is 7.11 Å². The van der Waals surface area contributed by atoms with Crippen LogP contribution in [0.5, 0.6) is 5.75 Å². The van der Waals surface area contributed by atoms with E-state index >= 15 is 0 Å². The number of hydrogen-bond donors (Lipinski definition) is 1. The van der Waals surface area contributed by atoms with Crippen molar-refractivity contribution in [1.82, 2.24) is 0 Å². The lowest BCUT2D eigenvalue weighted by Gasteiger charge is -2.18. The van der Waals surface area contributed by atoms with E-state index < -0.39 is 0 Å². The Morgan fingerprint density at radius 2 is 2.00 bits per heavy atom. The molecule has 1 atom stereocenters. The van der Waals surface area contributed by atoms with E-state index in [0.717, 1.165) is 27.5 Å². The second-order valence-corrected chi connectivity index (χ2v) is 3.94. The van der Waals surface area contributed by atoms with Gasteiger partial charge in [-0.15, -0.1) is 0 Å². The molecule has 1 unspecified atom stereocenters. The van der Waals surface area contributed by atoms with Gasteiger partial charge in [-0.2, -0.15) is 0 Å². The summed E-state index contributed by atoms with van der Waals surface area (Å²) in [6, 6.07) is 1.84. The van der Waals surface area contributed by atoms with Crippen LogP contribution in [0.2, 0.25) is 5.02 Å². The van der Waals surface area contributed by atoms with E-state index in [1.807, 2.05) is 26.8 Å². The summed E-state index contributed by atoms with van der Waals surface area (Å²) in [6.45, 7) is 5.86. The molecule has 2 nitrogen and oxygen atoms in total. The van der Waals surface area contributed by atoms with Gasteiger partial charge in [0.05, 0.1) is 7.11 Å². The Labute approximate surface area is 90.0 Å². The molecule has 0 radical (unpaired) electrons. The third-order valence-corrected chi connectivity index (χ3v) is 2.76. The van der Waals surface area contributed by atoms with Crippen LogP contribution in [0.4, 0.5) is 0 Å². The molecular weight excluding hydrogens is 198 g/mol. The molecule has 0 spiro atoms. The van der Waals surface area contributed by atoms with Gasteiger partial charge in [-0.3, -0.25) is 0 Å². The van der Waals surface area contributed by atoms with Crippen molar-refractivity contribution in [3.8, 4) is 5.75 Å². The first kappa shape index (κ1) is 11.3. The summed E-state index contributed by atoms with van der Waals surface area (Å²) in [5.41, 5.74) is 8.92. The minimum absolute atomic E-state index is 0.0673. The number of methoxy groups -OCH3 is 1. The molecule has 0 aliphatic rings. The highest BCUT2D eigenvalue weighted by atomic mass is 35.5. The molecule has 0 fully saturated rings. The van der Waals surface area contributed by atoms with Crippen LogP contribution in [0.15, 0.2) is 6.07 Å². The van der Waals surface area contributed by atoms with Crippen LogP contribution < -0.4 is 10.5 Å². The predicted octanol–water partition coefficient (Wildman–Crippen LogP) is 2.99. The highest BCUT2D eigenvalue weighted by Gasteiger charge is 2.15. The van der Waals surface area contributed by atoms with Crippen LogP contribution in [-0.4, -0.2) is 7.11 Å². The third-order valence-electron chi connectivity index (χ3n) is 2.37. The van der Waals surface area contributed by atoms with Crippen LogP contribution in [0.25, 0.3) is 0 Å². The van der Waals surface area contributed by atoms with Gasteiger partial charge in [-0.05, 0) is 38.0 Å². The van der Waals surface area contributed by atoms with Crippen molar-refractivity contribution in [2.45, 2.75) is 26.8 Å². The summed E-state index contributed by atoms with van der Waals surface area (Å²) in [5.74, 6) is 0.849. The number of benzene rings is 1. The normalized spacial score (nSPS) is 12.7. The van der Waals surface area contributed by atoms with E-state index in [4.69, 9.17) is 22.1 Å². The molecule has 0 amide bonds. The fraction of sp³-hybridized carbons (Fsp3) is 0.455. The molecule has 1 aromatic rings. The van der Waals surface area contributed by atoms with Gasteiger partial charge in [0.2, 0.25) is 0 Å². The summed E-state index contributed by atoms with van der Waals surface area (Å²) in [6.07, 6.45) is 0. The second kappa shape index (κ2) is 4.20. The largest absolute Gasteiger partial charge is 0.496 e. The molecule has 1 aromatic carbocycles. The molecule has 78 valence electrons. The van der Waals surface area contributed by atoms with Gasteiger partial charge in [0.25, 0.3) is 0 Å². The van der Waals surface area contributed by atoms with Crippen LogP contribution >= 0.6 is 11.6 Å². The molecule has 2 N–H and O–H groups in total. The van der Waals surface area contributed by atoms with Crippen molar-refractivity contribution in [3.63, 3.8) is 0 Å². The molecule has 0 aliphatic heterocycles. The predicted molar refractivity (Wildman–Crippen MR) is 60.1 cm³/mol. The number of halogens is 1. The smallest absolute Gasteiger partial charge is 0.126 e. The maximum Gasteiger partial charge on any atom is 0.126 e. The van der Waals surface area contributed by atoms with Crippen LogP contribution in [-0.2, 0) is 0 Å². The topological polar surface area (TPSA) is 35.2 Å². The minimum atomic E-state index is -0.0673. The summed E-state index contributed by atoms with van der Waals surface area (Å²) in [5, 5.41) is 0.746. The van der Waals surface area contributed by atoms with Crippen LogP contribution in [0.1, 0.15) is 29.7 Å². The Morgan fingerprint density at radius 3 is 2.43 bits per heavy atom. The molecule has 0 aliphatic carbocycles. The van der Waals surface area contributed by atoms with Gasteiger partial charge in [-0.1, -0.05) is 11.6 Å². The van der Waals surface area contributed by atoms with Gasteiger partial charge in [0, 0.05) is 16.6 Å². The lowest BCUT2D eigenvalue weighted by Crippen LogP contribution is -2.10. The Bertz CT molecular complexity index is 348. The van der Waals surface area contributed by atoms with Gasteiger partial charge in [0.15, 0.2) is 0 Å². The maximum absolute atomic E-state index is 6.08. The van der Waals surface area contributed by atoms with E-state index in [-0.39, 0.29) is 6.04 Å². The number of aryl methyl sites for hydroxylation is 1. The zero-order valence-electron chi connectivity index (χ0n) is 9.02. The van der Waals surface area contributed by atoms with Crippen LogP contribution in [0.3, 0.4) is 0 Å². The molecule has 14 heavy (non-hydrogen) atoms. The molecule has 0 aromatic heterocycles. The Hall–Kier alpha value is -0.730. The highest BCUT2D eigenvalue weighted by molar-refractivity contribution is 6.31. The van der Waals surface area contributed by atoms with E-state index in [1.165, 1.54) is 0 Å². The van der Waals surface area contributed by atoms with Crippen molar-refractivity contribution in [2.24, 2.45) is 5.73 Å². The van der Waals surface area contributed by atoms with Crippen molar-refractivity contribution in [1.29, 1.82) is 0 Å². The summed E-state index contributed by atoms with van der Waals surface area (Å²) >= 11 is 6.08. The second-order valence-electron chi connectivity index (χ2n) is 3.54. The van der Waals surface area contributed by atoms with Crippen molar-refractivity contribution in [3.05, 3.63) is 27.8 Å². The first-order valence-electron chi connectivity index (χ1n) is 4.58. The van der Waals surface area contributed by atoms with Gasteiger partial charge in [0.1, 0.15) is 5.75 Å². The van der Waals surface area contributed by atoms with Gasteiger partial charge >= 0.3 is 0 Å². The SMILES string of the molecule is COc1c(C)cc(Cl)c(C)c1C(C)N. The fourth-order valence-corrected chi connectivity index (χ4v) is 1.96. The number of rotatable bonds is 2. The molecule has 0 heterocycles. The first-order chi connectivity index (χ1) is 6.49. The Balaban J connectivity index is 3.48. The van der Waals surface area contributed by atoms with Crippen molar-refractivity contribution >= 4 is 11.6 Å². The number of hydrogen-bond acceptors (Lipinski definition) is 2. The average molecular weight is 214 g/mol. The van der Waals surface area contributed by atoms with E-state index in [0.29, 0.717) is 0 Å². The molecule has 0 saturated carbocycles. The molecule has 1 rings (SSSR count). The zero-order chi connectivity index (χ0) is 10.9. The van der Waals surface area contributed by atoms with Gasteiger partial charge < -0.3 is 10.5 Å². The Kier molecular flexibility index (Phi) is 3.40. The minimum Gasteiger partial charge on any atom is -0.496 e. The molecule has 0 bridgehead atoms. The van der Waals surface area contributed by atoms with E-state index in [9.17, 15) is 0 Å². The monoisotopic (exact) mass is 213 g/mol. The molecule has 3 heteroatoms. The quantitative estimate of drug-likeness (QED) is 0.820. The number of nitrogens with two attached hydrogens (primary N) is 1. The summed E-state index contributed by atoms with van der Waals surface area (Å²) in [4.78, 5) is 0. The molecular formula is C11H16ClNO. The first-order valence-corrected chi connectivity index (χ1v) is 4.96. The van der Waals surface area contributed by atoms with Crippen molar-refractivity contribution < 1.29 is 4.74 Å². The average Bonchev–Trinajstić information content (AvgIpc) is 2.10. The zero-order valence-corrected chi connectivity index (χ0v) is 9.77. The summed E-state index contributed by atoms with van der Waals surface area (Å²) < 4.78 is 5.33.